The zero-order valence-electron chi connectivity index (χ0n) is 14.5. The van der Waals surface area contributed by atoms with Gasteiger partial charge in [-0.05, 0) is 29.8 Å². The van der Waals surface area contributed by atoms with Crippen LogP contribution in [0.5, 0.6) is 11.5 Å². The zero-order valence-corrected chi connectivity index (χ0v) is 15.2. The lowest BCUT2D eigenvalue weighted by Gasteiger charge is -2.11. The number of nitrogens with zero attached hydrogens (tertiary/aromatic N) is 1. The number of hydrogen-bond acceptors (Lipinski definition) is 4. The van der Waals surface area contributed by atoms with Crippen LogP contribution in [-0.2, 0) is 6.54 Å². The van der Waals surface area contributed by atoms with Gasteiger partial charge in [-0.1, -0.05) is 29.8 Å². The number of halogens is 1. The predicted octanol–water partition coefficient (Wildman–Crippen LogP) is 3.52. The van der Waals surface area contributed by atoms with Gasteiger partial charge in [0.25, 0.3) is 11.5 Å². The molecule has 0 aliphatic heterocycles. The van der Waals surface area contributed by atoms with Crippen molar-refractivity contribution in [1.82, 2.24) is 4.57 Å². The number of rotatable bonds is 5. The molecule has 7 heteroatoms. The number of phenols is 1. The monoisotopic (exact) mass is 384 g/mol. The standard InChI is InChI=1S/C20H17ClN2O4/c1-27-15-7-8-16(18(24)10-15)20(26)22-14-6-9-19(25)23(12-14)11-13-4-2-3-5-17(13)21/h2-10,12,24H,11H2,1H3,(H,22,26). The van der Waals surface area contributed by atoms with Crippen LogP contribution in [0, 0.1) is 0 Å². The van der Waals surface area contributed by atoms with E-state index < -0.39 is 5.91 Å². The number of phenolic OH excluding ortho intramolecular Hbond substituents is 1. The number of carbonyl (C=O) groups is 1. The largest absolute Gasteiger partial charge is 0.507 e. The van der Waals surface area contributed by atoms with Crippen molar-refractivity contribution in [2.75, 3.05) is 12.4 Å². The summed E-state index contributed by atoms with van der Waals surface area (Å²) in [5.74, 6) is -0.258. The SMILES string of the molecule is COc1ccc(C(=O)Nc2ccc(=O)n(Cc3ccccc3Cl)c2)c(O)c1. The van der Waals surface area contributed by atoms with E-state index in [9.17, 15) is 14.7 Å². The maximum atomic E-state index is 12.4. The third-order valence-electron chi connectivity index (χ3n) is 3.99. The Kier molecular flexibility index (Phi) is 5.47. The Morgan fingerprint density at radius 2 is 1.96 bits per heavy atom. The van der Waals surface area contributed by atoms with Crippen molar-refractivity contribution in [2.45, 2.75) is 6.54 Å². The summed E-state index contributed by atoms with van der Waals surface area (Å²) >= 11 is 6.15. The minimum Gasteiger partial charge on any atom is -0.507 e. The lowest BCUT2D eigenvalue weighted by molar-refractivity contribution is 0.102. The molecule has 3 rings (SSSR count). The third-order valence-corrected chi connectivity index (χ3v) is 4.36. The number of aromatic hydroxyl groups is 1. The quantitative estimate of drug-likeness (QED) is 0.705. The minimum absolute atomic E-state index is 0.0969. The zero-order chi connectivity index (χ0) is 19.4. The summed E-state index contributed by atoms with van der Waals surface area (Å²) in [5, 5.41) is 13.2. The summed E-state index contributed by atoms with van der Waals surface area (Å²) in [4.78, 5) is 24.5. The summed E-state index contributed by atoms with van der Waals surface area (Å²) in [6, 6.07) is 14.5. The van der Waals surface area contributed by atoms with E-state index in [-0.39, 0.29) is 23.4 Å². The molecule has 0 unspecified atom stereocenters. The Morgan fingerprint density at radius 3 is 2.67 bits per heavy atom. The summed E-state index contributed by atoms with van der Waals surface area (Å²) in [6.45, 7) is 0.274. The second-order valence-corrected chi connectivity index (χ2v) is 6.22. The van der Waals surface area contributed by atoms with Crippen molar-refractivity contribution in [3.63, 3.8) is 0 Å². The first-order valence-electron chi connectivity index (χ1n) is 8.10. The number of aromatic nitrogens is 1. The molecule has 0 aliphatic rings. The molecule has 0 radical (unpaired) electrons. The molecule has 2 aromatic carbocycles. The maximum absolute atomic E-state index is 12.4. The van der Waals surface area contributed by atoms with Crippen LogP contribution in [0.4, 0.5) is 5.69 Å². The van der Waals surface area contributed by atoms with Gasteiger partial charge in [-0.15, -0.1) is 0 Å². The van der Waals surface area contributed by atoms with Crippen LogP contribution in [0.3, 0.4) is 0 Å². The average molecular weight is 385 g/mol. The van der Waals surface area contributed by atoms with Crippen molar-refractivity contribution >= 4 is 23.2 Å². The molecule has 27 heavy (non-hydrogen) atoms. The van der Waals surface area contributed by atoms with E-state index in [0.29, 0.717) is 16.5 Å². The second kappa shape index (κ2) is 7.97. The molecule has 0 aliphatic carbocycles. The Bertz CT molecular complexity index is 1050. The fourth-order valence-electron chi connectivity index (χ4n) is 2.57. The highest BCUT2D eigenvalue weighted by molar-refractivity contribution is 6.31. The van der Waals surface area contributed by atoms with Crippen molar-refractivity contribution in [3.8, 4) is 11.5 Å². The molecule has 1 heterocycles. The molecule has 0 saturated carbocycles. The highest BCUT2D eigenvalue weighted by Crippen LogP contribution is 2.24. The van der Waals surface area contributed by atoms with Gasteiger partial charge in [-0.2, -0.15) is 0 Å². The van der Waals surface area contributed by atoms with Crippen molar-refractivity contribution < 1.29 is 14.6 Å². The number of ether oxygens (including phenoxy) is 1. The topological polar surface area (TPSA) is 80.6 Å². The number of anilines is 1. The van der Waals surface area contributed by atoms with Gasteiger partial charge in [0.1, 0.15) is 11.5 Å². The Balaban J connectivity index is 1.83. The average Bonchev–Trinajstić information content (AvgIpc) is 2.66. The molecule has 1 amide bonds. The van der Waals surface area contributed by atoms with Gasteiger partial charge in [-0.3, -0.25) is 9.59 Å². The van der Waals surface area contributed by atoms with Crippen LogP contribution in [0.1, 0.15) is 15.9 Å². The third kappa shape index (κ3) is 4.30. The van der Waals surface area contributed by atoms with Crippen molar-refractivity contribution in [3.05, 3.63) is 87.3 Å². The van der Waals surface area contributed by atoms with Gasteiger partial charge >= 0.3 is 0 Å². The van der Waals surface area contributed by atoms with Crippen LogP contribution >= 0.6 is 11.6 Å². The first-order chi connectivity index (χ1) is 13.0. The Hall–Kier alpha value is -3.25. The van der Waals surface area contributed by atoms with E-state index in [4.69, 9.17) is 16.3 Å². The van der Waals surface area contributed by atoms with E-state index in [0.717, 1.165) is 5.56 Å². The number of benzene rings is 2. The van der Waals surface area contributed by atoms with E-state index in [1.807, 2.05) is 18.2 Å². The van der Waals surface area contributed by atoms with Crippen LogP contribution in [0.2, 0.25) is 5.02 Å². The molecule has 3 aromatic rings. The van der Waals surface area contributed by atoms with Gasteiger partial charge in [-0.25, -0.2) is 0 Å². The lowest BCUT2D eigenvalue weighted by atomic mass is 10.1. The molecule has 6 nitrogen and oxygen atoms in total. The molecule has 2 N–H and O–H groups in total. The highest BCUT2D eigenvalue weighted by Gasteiger charge is 2.13. The maximum Gasteiger partial charge on any atom is 0.259 e. The van der Waals surface area contributed by atoms with Gasteiger partial charge in [0.15, 0.2) is 0 Å². The van der Waals surface area contributed by atoms with Crippen LogP contribution < -0.4 is 15.6 Å². The molecule has 0 spiro atoms. The summed E-state index contributed by atoms with van der Waals surface area (Å²) in [6.07, 6.45) is 1.53. The molecule has 0 bridgehead atoms. The molecule has 0 atom stereocenters. The van der Waals surface area contributed by atoms with E-state index in [2.05, 4.69) is 5.32 Å². The molecule has 138 valence electrons. The fourth-order valence-corrected chi connectivity index (χ4v) is 2.76. The van der Waals surface area contributed by atoms with Gasteiger partial charge in [0.2, 0.25) is 0 Å². The van der Waals surface area contributed by atoms with Crippen LogP contribution in [0.25, 0.3) is 0 Å². The molecular formula is C20H17ClN2O4. The van der Waals surface area contributed by atoms with E-state index in [1.54, 1.807) is 12.1 Å². The number of amides is 1. The lowest BCUT2D eigenvalue weighted by Crippen LogP contribution is -2.21. The Labute approximate surface area is 160 Å². The summed E-state index contributed by atoms with van der Waals surface area (Å²) < 4.78 is 6.45. The normalized spacial score (nSPS) is 10.4. The first kappa shape index (κ1) is 18.5. The van der Waals surface area contributed by atoms with E-state index in [1.165, 1.54) is 42.1 Å². The van der Waals surface area contributed by atoms with Crippen molar-refractivity contribution in [1.29, 1.82) is 0 Å². The fraction of sp³-hybridized carbons (Fsp3) is 0.100. The highest BCUT2D eigenvalue weighted by atomic mass is 35.5. The molecule has 0 fully saturated rings. The molecule has 0 saturated heterocycles. The summed E-state index contributed by atoms with van der Waals surface area (Å²) in [7, 11) is 1.47. The van der Waals surface area contributed by atoms with Gasteiger partial charge in [0, 0.05) is 23.4 Å². The van der Waals surface area contributed by atoms with E-state index >= 15 is 0 Å². The van der Waals surface area contributed by atoms with Crippen LogP contribution in [-0.4, -0.2) is 22.7 Å². The molecule has 1 aromatic heterocycles. The van der Waals surface area contributed by atoms with Crippen molar-refractivity contribution in [2.24, 2.45) is 0 Å². The van der Waals surface area contributed by atoms with Gasteiger partial charge in [0.05, 0.1) is 24.9 Å². The second-order valence-electron chi connectivity index (χ2n) is 5.81. The predicted molar refractivity (Wildman–Crippen MR) is 104 cm³/mol. The van der Waals surface area contributed by atoms with Crippen LogP contribution in [0.15, 0.2) is 65.6 Å². The number of carbonyl (C=O) groups excluding carboxylic acids is 1. The number of pyridine rings is 1. The molecular weight excluding hydrogens is 368 g/mol. The minimum atomic E-state index is -0.502. The first-order valence-corrected chi connectivity index (χ1v) is 8.48. The number of methoxy groups -OCH3 is 1. The smallest absolute Gasteiger partial charge is 0.259 e. The summed E-state index contributed by atoms with van der Waals surface area (Å²) in [5.41, 5.74) is 1.08. The Morgan fingerprint density at radius 1 is 1.19 bits per heavy atom. The number of hydrogen-bond donors (Lipinski definition) is 2. The number of nitrogens with one attached hydrogen (secondary N) is 1. The van der Waals surface area contributed by atoms with Gasteiger partial charge < -0.3 is 19.7 Å².